The van der Waals surface area contributed by atoms with Gasteiger partial charge in [0.1, 0.15) is 0 Å². The summed E-state index contributed by atoms with van der Waals surface area (Å²) in [5.41, 5.74) is 5.26. The van der Waals surface area contributed by atoms with Gasteiger partial charge in [0.05, 0.1) is 11.9 Å². The molecule has 0 aliphatic carbocycles. The third-order valence-electron chi connectivity index (χ3n) is 4.11. The Balaban J connectivity index is 2.05. The molecule has 0 unspecified atom stereocenters. The van der Waals surface area contributed by atoms with Crippen LogP contribution in [-0.2, 0) is 10.3 Å². The number of hydrogen-bond acceptors (Lipinski definition) is 4. The Kier molecular flexibility index (Phi) is 4.00. The van der Waals surface area contributed by atoms with E-state index >= 15 is 0 Å². The van der Waals surface area contributed by atoms with E-state index in [9.17, 15) is 9.59 Å². The lowest BCUT2D eigenvalue weighted by molar-refractivity contribution is -0.128. The molecule has 2 amide bonds. The number of aromatic nitrogens is 2. The molecule has 1 atom stereocenters. The van der Waals surface area contributed by atoms with Crippen molar-refractivity contribution in [3.8, 4) is 0 Å². The number of carbonyl (C=O) groups is 2. The van der Waals surface area contributed by atoms with E-state index in [1.807, 2.05) is 0 Å². The van der Waals surface area contributed by atoms with Gasteiger partial charge in [0.25, 0.3) is 5.91 Å². The zero-order chi connectivity index (χ0) is 16.4. The average Bonchev–Trinajstić information content (AvgIpc) is 3.02. The van der Waals surface area contributed by atoms with Gasteiger partial charge in [-0.15, -0.1) is 0 Å². The number of nitrogens with two attached hydrogens (primary N) is 1. The first-order valence-corrected chi connectivity index (χ1v) is 7.57. The lowest BCUT2D eigenvalue weighted by Crippen LogP contribution is -2.54. The number of primary amides is 1. The fourth-order valence-corrected chi connectivity index (χ4v) is 3.13. The van der Waals surface area contributed by atoms with E-state index in [1.165, 1.54) is 23.5 Å². The highest BCUT2D eigenvalue weighted by Crippen LogP contribution is 2.38. The first kappa shape index (κ1) is 15.4. The Bertz CT molecular complexity index is 736. The molecule has 6 nitrogen and oxygen atoms in total. The minimum atomic E-state index is -1.26. The van der Waals surface area contributed by atoms with Crippen LogP contribution < -0.4 is 5.73 Å². The van der Waals surface area contributed by atoms with Crippen LogP contribution in [0.15, 0.2) is 42.9 Å². The van der Waals surface area contributed by atoms with E-state index in [-0.39, 0.29) is 5.91 Å². The van der Waals surface area contributed by atoms with E-state index in [0.717, 1.165) is 0 Å². The molecule has 23 heavy (non-hydrogen) atoms. The predicted octanol–water partition coefficient (Wildman–Crippen LogP) is 1.75. The lowest BCUT2D eigenvalue weighted by Gasteiger charge is -2.35. The van der Waals surface area contributed by atoms with Crippen molar-refractivity contribution in [2.45, 2.75) is 18.4 Å². The first-order valence-electron chi connectivity index (χ1n) is 7.19. The summed E-state index contributed by atoms with van der Waals surface area (Å²) in [4.78, 5) is 34.9. The number of nitrogens with zero attached hydrogens (tertiary/aromatic N) is 3. The molecule has 0 spiro atoms. The summed E-state index contributed by atoms with van der Waals surface area (Å²) >= 11 is 5.86. The number of carbonyl (C=O) groups excluding carboxylic acids is 2. The third-order valence-corrected chi connectivity index (χ3v) is 4.36. The van der Waals surface area contributed by atoms with Crippen molar-refractivity contribution in [3.05, 3.63) is 59.1 Å². The topological polar surface area (TPSA) is 89.2 Å². The molecule has 1 saturated heterocycles. The normalized spacial score (nSPS) is 20.5. The Hall–Kier alpha value is -2.47. The molecule has 1 aliphatic rings. The van der Waals surface area contributed by atoms with Gasteiger partial charge < -0.3 is 10.6 Å². The average molecular weight is 331 g/mol. The summed E-state index contributed by atoms with van der Waals surface area (Å²) in [6, 6.07) is 6.54. The highest BCUT2D eigenvalue weighted by molar-refractivity contribution is 6.30. The number of rotatable bonds is 3. The quantitative estimate of drug-likeness (QED) is 0.928. The Morgan fingerprint density at radius 2 is 1.96 bits per heavy atom. The molecule has 2 heterocycles. The van der Waals surface area contributed by atoms with Gasteiger partial charge in [-0.1, -0.05) is 11.6 Å². The highest BCUT2D eigenvalue weighted by atomic mass is 35.5. The second-order valence-electron chi connectivity index (χ2n) is 5.38. The molecule has 0 saturated carbocycles. The minimum Gasteiger partial charge on any atom is -0.367 e. The SMILES string of the molecule is NC(=O)[C@@]1(c2cnccn2)CCCN1C(=O)c1ccc(Cl)cc1. The Morgan fingerprint density at radius 3 is 2.57 bits per heavy atom. The smallest absolute Gasteiger partial charge is 0.255 e. The molecule has 0 bridgehead atoms. The molecule has 118 valence electrons. The second kappa shape index (κ2) is 5.96. The number of benzene rings is 1. The van der Waals surface area contributed by atoms with E-state index in [1.54, 1.807) is 24.3 Å². The van der Waals surface area contributed by atoms with Crippen molar-refractivity contribution >= 4 is 23.4 Å². The van der Waals surface area contributed by atoms with E-state index in [0.29, 0.717) is 35.7 Å². The highest BCUT2D eigenvalue weighted by Gasteiger charge is 2.51. The molecule has 1 aromatic carbocycles. The standard InChI is InChI=1S/C16H15ClN4O2/c17-12-4-2-11(3-5-12)14(22)21-9-1-6-16(21,15(18)23)13-10-19-7-8-20-13/h2-5,7-8,10H,1,6,9H2,(H2,18,23)/t16-/m0/s1. The largest absolute Gasteiger partial charge is 0.367 e. The molecular formula is C16H15ClN4O2. The van der Waals surface area contributed by atoms with Gasteiger partial charge in [-0.2, -0.15) is 0 Å². The molecular weight excluding hydrogens is 316 g/mol. The maximum atomic E-state index is 12.9. The zero-order valence-electron chi connectivity index (χ0n) is 12.3. The molecule has 7 heteroatoms. The Labute approximate surface area is 138 Å². The summed E-state index contributed by atoms with van der Waals surface area (Å²) in [6.45, 7) is 0.432. The summed E-state index contributed by atoms with van der Waals surface area (Å²) < 4.78 is 0. The summed E-state index contributed by atoms with van der Waals surface area (Å²) in [7, 11) is 0. The van der Waals surface area contributed by atoms with Crippen LogP contribution in [0.1, 0.15) is 28.9 Å². The zero-order valence-corrected chi connectivity index (χ0v) is 13.0. The maximum Gasteiger partial charge on any atom is 0.255 e. The van der Waals surface area contributed by atoms with Gasteiger partial charge in [-0.25, -0.2) is 0 Å². The van der Waals surface area contributed by atoms with E-state index in [4.69, 9.17) is 17.3 Å². The van der Waals surface area contributed by atoms with Crippen LogP contribution in [-0.4, -0.2) is 33.2 Å². The van der Waals surface area contributed by atoms with Gasteiger partial charge in [0.2, 0.25) is 5.91 Å². The molecule has 2 N–H and O–H groups in total. The lowest BCUT2D eigenvalue weighted by atomic mass is 9.90. The van der Waals surface area contributed by atoms with Gasteiger partial charge >= 0.3 is 0 Å². The molecule has 1 fully saturated rings. The number of amides is 2. The van der Waals surface area contributed by atoms with Crippen molar-refractivity contribution in [3.63, 3.8) is 0 Å². The predicted molar refractivity (Wildman–Crippen MR) is 84.6 cm³/mol. The first-order chi connectivity index (χ1) is 11.1. The molecule has 3 rings (SSSR count). The van der Waals surface area contributed by atoms with Crippen LogP contribution in [0.5, 0.6) is 0 Å². The molecule has 0 radical (unpaired) electrons. The summed E-state index contributed by atoms with van der Waals surface area (Å²) in [5, 5.41) is 0.540. The van der Waals surface area contributed by atoms with Crippen molar-refractivity contribution in [1.82, 2.24) is 14.9 Å². The molecule has 2 aromatic rings. The van der Waals surface area contributed by atoms with Crippen LogP contribution in [0.25, 0.3) is 0 Å². The Morgan fingerprint density at radius 1 is 1.22 bits per heavy atom. The number of hydrogen-bond donors (Lipinski definition) is 1. The fourth-order valence-electron chi connectivity index (χ4n) is 3.00. The minimum absolute atomic E-state index is 0.274. The third kappa shape index (κ3) is 2.55. The number of likely N-dealkylation sites (tertiary alicyclic amines) is 1. The van der Waals surface area contributed by atoms with E-state index in [2.05, 4.69) is 9.97 Å². The maximum absolute atomic E-state index is 12.9. The molecule has 1 aromatic heterocycles. The van der Waals surface area contributed by atoms with Crippen molar-refractivity contribution in [1.29, 1.82) is 0 Å². The summed E-state index contributed by atoms with van der Waals surface area (Å²) in [5.74, 6) is -0.874. The summed E-state index contributed by atoms with van der Waals surface area (Å²) in [6.07, 6.45) is 5.58. The monoisotopic (exact) mass is 330 g/mol. The molecule has 1 aliphatic heterocycles. The van der Waals surface area contributed by atoms with Crippen LogP contribution in [0, 0.1) is 0 Å². The van der Waals surface area contributed by atoms with E-state index < -0.39 is 11.4 Å². The second-order valence-corrected chi connectivity index (χ2v) is 5.82. The van der Waals surface area contributed by atoms with Crippen LogP contribution in [0.2, 0.25) is 5.02 Å². The van der Waals surface area contributed by atoms with Crippen LogP contribution in [0.3, 0.4) is 0 Å². The number of halogens is 1. The van der Waals surface area contributed by atoms with Gasteiger partial charge in [0, 0.05) is 29.5 Å². The fraction of sp³-hybridized carbons (Fsp3) is 0.250. The van der Waals surface area contributed by atoms with Crippen LogP contribution in [0.4, 0.5) is 0 Å². The van der Waals surface area contributed by atoms with Gasteiger partial charge in [-0.05, 0) is 37.1 Å². The van der Waals surface area contributed by atoms with Gasteiger partial charge in [0.15, 0.2) is 5.54 Å². The van der Waals surface area contributed by atoms with Gasteiger partial charge in [-0.3, -0.25) is 19.6 Å². The van der Waals surface area contributed by atoms with Crippen molar-refractivity contribution in [2.24, 2.45) is 5.73 Å². The van der Waals surface area contributed by atoms with Crippen molar-refractivity contribution < 1.29 is 9.59 Å². The van der Waals surface area contributed by atoms with Crippen LogP contribution >= 0.6 is 11.6 Å². The van der Waals surface area contributed by atoms with Crippen molar-refractivity contribution in [2.75, 3.05) is 6.54 Å².